The minimum atomic E-state index is -3.11. The third kappa shape index (κ3) is 8.41. The Kier molecular flexibility index (Phi) is 8.54. The number of aromatic nitrogens is 3. The van der Waals surface area contributed by atoms with Crippen molar-refractivity contribution in [3.8, 4) is 56.4 Å². The van der Waals surface area contributed by atoms with E-state index in [0.29, 0.717) is 43.0 Å². The molecule has 1 aliphatic heterocycles. The fraction of sp³-hybridized carbons (Fsp3) is 0.0909. The Hall–Kier alpha value is -8.25. The van der Waals surface area contributed by atoms with Crippen LogP contribution in [0.25, 0.3) is 55.8 Å². The van der Waals surface area contributed by atoms with E-state index in [1.165, 1.54) is 18.2 Å². The molecule has 8 heteroatoms. The van der Waals surface area contributed by atoms with Crippen LogP contribution in [0.15, 0.2) is 236 Å². The second kappa shape index (κ2) is 19.3. The first-order valence-corrected chi connectivity index (χ1v) is 25.1. The summed E-state index contributed by atoms with van der Waals surface area (Å²) in [6.45, 7) is -0.258. The number of rotatable bonds is 10. The Morgan fingerprint density at radius 1 is 0.527 bits per heavy atom. The van der Waals surface area contributed by atoms with Crippen LogP contribution in [-0.4, -0.2) is 21.1 Å². The summed E-state index contributed by atoms with van der Waals surface area (Å²) in [5.41, 5.74) is 6.28. The normalized spacial score (nSPS) is 15.6. The number of benzene rings is 9. The second-order valence-electron chi connectivity index (χ2n) is 18.8. The first-order chi connectivity index (χ1) is 42.3. The van der Waals surface area contributed by atoms with Gasteiger partial charge in [0.25, 0.3) is 0 Å². The van der Waals surface area contributed by atoms with E-state index in [-0.39, 0.29) is 39.6 Å². The molecule has 0 fully saturated rings. The summed E-state index contributed by atoms with van der Waals surface area (Å²) in [5, 5.41) is 0. The molecular formula is C66H54BN5OPt. The molecule has 74 heavy (non-hydrogen) atoms. The minimum absolute atomic E-state index is 0.0197. The zero-order valence-corrected chi connectivity index (χ0v) is 42.6. The van der Waals surface area contributed by atoms with E-state index >= 15 is 0 Å². The van der Waals surface area contributed by atoms with Gasteiger partial charge in [0, 0.05) is 5.69 Å². The molecule has 6 nitrogen and oxygen atoms in total. The van der Waals surface area contributed by atoms with Gasteiger partial charge in [0.2, 0.25) is 0 Å². The first kappa shape index (κ1) is 32.7. The van der Waals surface area contributed by atoms with E-state index in [0.717, 1.165) is 28.0 Å². The molecule has 11 aromatic rings. The summed E-state index contributed by atoms with van der Waals surface area (Å²) < 4.78 is 145. The van der Waals surface area contributed by atoms with Crippen molar-refractivity contribution in [2.45, 2.75) is 39.9 Å². The summed E-state index contributed by atoms with van der Waals surface area (Å²) in [6.07, 6.45) is 0. The Labute approximate surface area is 466 Å². The molecule has 0 saturated carbocycles. The van der Waals surface area contributed by atoms with Crippen molar-refractivity contribution in [2.24, 2.45) is 0 Å². The fourth-order valence-corrected chi connectivity index (χ4v) is 10.9. The number of ether oxygens (including phenoxy) is 1. The Morgan fingerprint density at radius 3 is 1.92 bits per heavy atom. The van der Waals surface area contributed by atoms with Crippen LogP contribution >= 0.6 is 0 Å². The van der Waals surface area contributed by atoms with E-state index in [9.17, 15) is 4.11 Å². The van der Waals surface area contributed by atoms with Gasteiger partial charge >= 0.3 is 382 Å². The maximum atomic E-state index is 9.36. The van der Waals surface area contributed by atoms with E-state index in [1.54, 1.807) is 24.3 Å². The van der Waals surface area contributed by atoms with Gasteiger partial charge in [-0.15, -0.1) is 0 Å². The molecule has 0 radical (unpaired) electrons. The third-order valence-corrected chi connectivity index (χ3v) is 14.3. The van der Waals surface area contributed by atoms with E-state index in [1.807, 2.05) is 147 Å². The second-order valence-corrected chi connectivity index (χ2v) is 19.9. The van der Waals surface area contributed by atoms with Gasteiger partial charge in [-0.3, -0.25) is 0 Å². The van der Waals surface area contributed by atoms with Crippen LogP contribution in [0.2, 0.25) is 0 Å². The average molecular weight is 1150 g/mol. The number of fused-ring (bicyclic) bond motifs is 2. The molecule has 0 bridgehead atoms. The van der Waals surface area contributed by atoms with Crippen LogP contribution in [-0.2, 0) is 24.8 Å². The van der Waals surface area contributed by atoms with Gasteiger partial charge in [-0.05, 0) is 18.2 Å². The monoisotopic (exact) mass is 1150 g/mol. The molecule has 0 atom stereocenters. The quantitative estimate of drug-likeness (QED) is 0.128. The van der Waals surface area contributed by atoms with E-state index in [2.05, 4.69) is 51.0 Å². The van der Waals surface area contributed by atoms with Crippen molar-refractivity contribution in [3.05, 3.63) is 257 Å². The molecule has 0 unspecified atom stereocenters. The summed E-state index contributed by atoms with van der Waals surface area (Å²) >= 11 is 2.17. The molecule has 3 heterocycles. The zero-order valence-electron chi connectivity index (χ0n) is 55.4. The van der Waals surface area contributed by atoms with Gasteiger partial charge < -0.3 is 0 Å². The number of imidazole rings is 1. The molecule has 0 aliphatic carbocycles. The van der Waals surface area contributed by atoms with Crippen molar-refractivity contribution in [3.63, 3.8) is 0 Å². The predicted molar refractivity (Wildman–Crippen MR) is 304 cm³/mol. The Balaban J connectivity index is 1.12. The van der Waals surface area contributed by atoms with Gasteiger partial charge in [-0.25, -0.2) is 0 Å². The number of aryl methyl sites for hydroxylation is 1. The number of nitrogens with zero attached hydrogens (tertiary/aromatic N) is 5. The van der Waals surface area contributed by atoms with Crippen LogP contribution in [0.3, 0.4) is 0 Å². The van der Waals surface area contributed by atoms with Crippen molar-refractivity contribution in [2.75, 3.05) is 9.62 Å². The number of hydrogen-bond donors (Lipinski definition) is 0. The molecule has 0 N–H and O–H groups in total. The molecule has 9 aromatic carbocycles. The molecule has 0 saturated heterocycles. The summed E-state index contributed by atoms with van der Waals surface area (Å²) in [6, 6.07) is 50.6. The van der Waals surface area contributed by atoms with Crippen LogP contribution in [0.1, 0.15) is 58.0 Å². The maximum absolute atomic E-state index is 9.36. The number of para-hydroxylation sites is 6. The van der Waals surface area contributed by atoms with Crippen LogP contribution in [0, 0.1) is 17.5 Å². The summed E-state index contributed by atoms with van der Waals surface area (Å²) in [4.78, 5) is 9.35. The zero-order chi connectivity index (χ0) is 63.3. The van der Waals surface area contributed by atoms with Gasteiger partial charge in [0.15, 0.2) is 0 Å². The van der Waals surface area contributed by atoms with Crippen LogP contribution in [0.5, 0.6) is 11.6 Å². The van der Waals surface area contributed by atoms with Crippen molar-refractivity contribution < 1.29 is 44.7 Å². The van der Waals surface area contributed by atoms with E-state index in [4.69, 9.17) is 26.2 Å². The van der Waals surface area contributed by atoms with Crippen molar-refractivity contribution in [1.29, 1.82) is 0 Å². The van der Waals surface area contributed by atoms with Crippen LogP contribution < -0.4 is 19.8 Å². The Bertz CT molecular complexity index is 4690. The fourth-order valence-electron chi connectivity index (χ4n) is 9.80. The van der Waals surface area contributed by atoms with Gasteiger partial charge in [0.05, 0.1) is 1.37 Å². The molecule has 0 amide bonds. The van der Waals surface area contributed by atoms with Gasteiger partial charge in [-0.2, -0.15) is 0 Å². The summed E-state index contributed by atoms with van der Waals surface area (Å²) in [7, 11) is 0. The standard InChI is InChI=1S/C66H54BN5O.Pt/c1-46-23-15-16-32-54(46)57-41-42-63(72-61-38-20-19-37-60(61)71(52-30-13-8-14-31-52)67(72)51-28-11-7-12-29-51)68-65(57)73-62-44-53(40-39-47(62)2)69-45-70(59-36-18-17-35-58(59)69)64-55(48-24-9-6-10-25-48)33-22-34-56(64)49-26-21-27-50(43-49)66(3,4)5;/h6-44H,1-5H3;/i1D3,2D3,6D,9D,10D,15D,16D,23D,24D,25D,32D;. The molecular weight excluding hydrogens is 1080 g/mol. The predicted octanol–water partition coefficient (Wildman–Crippen LogP) is 16.3. The number of pyridine rings is 1. The molecule has 2 aromatic heterocycles. The number of hydrogen-bond acceptors (Lipinski definition) is 4. The van der Waals surface area contributed by atoms with Gasteiger partial charge in [-0.1, -0.05) is 60.7 Å². The average Bonchev–Trinajstić information content (AvgIpc) is 1.70. The van der Waals surface area contributed by atoms with E-state index < -0.39 is 86.2 Å². The molecule has 0 spiro atoms. The van der Waals surface area contributed by atoms with Crippen LogP contribution in [0.4, 0.5) is 22.9 Å². The topological polar surface area (TPSA) is 38.5 Å². The molecule has 12 rings (SSSR count). The van der Waals surface area contributed by atoms with Crippen molar-refractivity contribution in [1.82, 2.24) is 14.1 Å². The Morgan fingerprint density at radius 2 is 1.18 bits per heavy atom. The third-order valence-electron chi connectivity index (χ3n) is 13.3. The number of anilines is 4. The first-order valence-electron chi connectivity index (χ1n) is 31.5. The summed E-state index contributed by atoms with van der Waals surface area (Å²) in [5.74, 6) is -0.378. The molecule has 1 aliphatic rings. The SMILES string of the molecule is [2H]c1c([2H])c([2H])c(-c2cccc(-c3cccc(C(C)(C)C)c3)c2-n2[c](=[Pt])n(-c3ccc(C([2H])([2H])[2H])c(Oc4nc(N5B(c6ccccc6)N(c6ccccc6)c6ccccc65)ccc4-c4c([2H])c([2H])c([2H])c([2H])c4C([2H])([2H])[2H])c3)c3ccccc32)c([2H])c1[2H]. The van der Waals surface area contributed by atoms with Gasteiger partial charge in [0.1, 0.15) is 0 Å². The molecule has 362 valence electrons. The van der Waals surface area contributed by atoms with Crippen molar-refractivity contribution >= 4 is 46.4 Å².